The summed E-state index contributed by atoms with van der Waals surface area (Å²) >= 11 is 7.57. The molecule has 3 nitrogen and oxygen atoms in total. The van der Waals surface area contributed by atoms with E-state index in [4.69, 9.17) is 5.73 Å². The summed E-state index contributed by atoms with van der Waals surface area (Å²) in [7, 11) is 1.34. The molecule has 0 fully saturated rings. The maximum Gasteiger partial charge on any atom is 0.417 e. The van der Waals surface area contributed by atoms with Crippen molar-refractivity contribution in [2.45, 2.75) is 6.18 Å². The minimum atomic E-state index is -4.61. The third kappa shape index (κ3) is 4.17. The van der Waals surface area contributed by atoms with Crippen molar-refractivity contribution < 1.29 is 18.0 Å². The highest BCUT2D eigenvalue weighted by molar-refractivity contribution is 9.10. The van der Waals surface area contributed by atoms with Gasteiger partial charge in [-0.1, -0.05) is 28.1 Å². The van der Waals surface area contributed by atoms with Crippen LogP contribution in [0.2, 0.25) is 0 Å². The smallest absolute Gasteiger partial charge is 0.392 e. The zero-order chi connectivity index (χ0) is 14.8. The van der Waals surface area contributed by atoms with Crippen molar-refractivity contribution in [3.63, 3.8) is 0 Å². The molecular formula is C11H10BrF3N2OS. The van der Waals surface area contributed by atoms with Gasteiger partial charge in [0.2, 0.25) is 0 Å². The van der Waals surface area contributed by atoms with Crippen LogP contribution in [-0.4, -0.2) is 29.4 Å². The summed E-state index contributed by atoms with van der Waals surface area (Å²) in [5.74, 6) is -0.785. The second kappa shape index (κ2) is 5.87. The van der Waals surface area contributed by atoms with E-state index in [0.717, 1.165) is 17.0 Å². The van der Waals surface area contributed by atoms with Crippen molar-refractivity contribution in [1.29, 1.82) is 0 Å². The summed E-state index contributed by atoms with van der Waals surface area (Å²) in [6.45, 7) is -0.0818. The number of hydrogen-bond acceptors (Lipinski definition) is 2. The SMILES string of the molecule is CN(CC(N)=S)C(=O)c1ccc(Br)cc1C(F)(F)F. The molecule has 1 amide bonds. The molecule has 0 unspecified atom stereocenters. The molecule has 1 aromatic carbocycles. The highest BCUT2D eigenvalue weighted by atomic mass is 79.9. The van der Waals surface area contributed by atoms with Crippen LogP contribution in [0.3, 0.4) is 0 Å². The number of halogens is 4. The summed E-state index contributed by atoms with van der Waals surface area (Å²) in [5.41, 5.74) is 3.83. The van der Waals surface area contributed by atoms with Crippen LogP contribution in [0.1, 0.15) is 15.9 Å². The number of thiocarbonyl (C=S) groups is 1. The average molecular weight is 355 g/mol. The first-order valence-corrected chi connectivity index (χ1v) is 6.23. The van der Waals surface area contributed by atoms with Crippen LogP contribution >= 0.6 is 28.1 Å². The average Bonchev–Trinajstić information content (AvgIpc) is 2.25. The maximum atomic E-state index is 12.9. The van der Waals surface area contributed by atoms with Crippen LogP contribution in [0.25, 0.3) is 0 Å². The fourth-order valence-corrected chi connectivity index (χ4v) is 2.00. The van der Waals surface area contributed by atoms with Crippen molar-refractivity contribution >= 4 is 39.0 Å². The first-order valence-electron chi connectivity index (χ1n) is 5.03. The molecule has 19 heavy (non-hydrogen) atoms. The predicted molar refractivity (Wildman–Crippen MR) is 72.9 cm³/mol. The van der Waals surface area contributed by atoms with Gasteiger partial charge in [0.25, 0.3) is 5.91 Å². The molecule has 0 atom stereocenters. The van der Waals surface area contributed by atoms with Crippen LogP contribution in [0.4, 0.5) is 13.2 Å². The monoisotopic (exact) mass is 354 g/mol. The van der Waals surface area contributed by atoms with E-state index in [-0.39, 0.29) is 16.0 Å². The molecular weight excluding hydrogens is 345 g/mol. The van der Waals surface area contributed by atoms with Gasteiger partial charge in [0, 0.05) is 11.5 Å². The lowest BCUT2D eigenvalue weighted by Gasteiger charge is -2.19. The number of carbonyl (C=O) groups excluding carboxylic acids is 1. The van der Waals surface area contributed by atoms with Gasteiger partial charge in [-0.15, -0.1) is 0 Å². The lowest BCUT2D eigenvalue weighted by molar-refractivity contribution is -0.138. The number of amides is 1. The van der Waals surface area contributed by atoms with Gasteiger partial charge in [0.15, 0.2) is 0 Å². The van der Waals surface area contributed by atoms with Crippen LogP contribution in [0, 0.1) is 0 Å². The van der Waals surface area contributed by atoms with Gasteiger partial charge in [-0.2, -0.15) is 13.2 Å². The number of hydrogen-bond donors (Lipinski definition) is 1. The third-order valence-corrected chi connectivity index (χ3v) is 2.88. The standard InChI is InChI=1S/C11H10BrF3N2OS/c1-17(5-9(16)19)10(18)7-3-2-6(12)4-8(7)11(13,14)15/h2-4H,5H2,1H3,(H2,16,19). The fraction of sp³-hybridized carbons (Fsp3) is 0.273. The number of carbonyl (C=O) groups is 1. The van der Waals surface area contributed by atoms with Crippen LogP contribution in [-0.2, 0) is 6.18 Å². The Morgan fingerprint density at radius 2 is 2.05 bits per heavy atom. The van der Waals surface area contributed by atoms with Gasteiger partial charge < -0.3 is 10.6 Å². The lowest BCUT2D eigenvalue weighted by atomic mass is 10.1. The molecule has 0 spiro atoms. The molecule has 0 aromatic heterocycles. The molecule has 104 valence electrons. The van der Waals surface area contributed by atoms with Crippen molar-refractivity contribution in [2.24, 2.45) is 5.73 Å². The van der Waals surface area contributed by atoms with Crippen LogP contribution < -0.4 is 5.73 Å². The van der Waals surface area contributed by atoms with Crippen molar-refractivity contribution in [3.05, 3.63) is 33.8 Å². The topological polar surface area (TPSA) is 46.3 Å². The third-order valence-electron chi connectivity index (χ3n) is 2.26. The Bertz CT molecular complexity index is 519. The van der Waals surface area contributed by atoms with Crippen molar-refractivity contribution in [1.82, 2.24) is 4.90 Å². The zero-order valence-corrected chi connectivity index (χ0v) is 12.2. The first kappa shape index (κ1) is 15.9. The Morgan fingerprint density at radius 1 is 1.47 bits per heavy atom. The summed E-state index contributed by atoms with van der Waals surface area (Å²) in [6.07, 6.45) is -4.61. The Hall–Kier alpha value is -1.15. The number of alkyl halides is 3. The summed E-state index contributed by atoms with van der Waals surface area (Å²) in [4.78, 5) is 13.0. The summed E-state index contributed by atoms with van der Waals surface area (Å²) in [6, 6.07) is 3.35. The van der Waals surface area contributed by atoms with E-state index in [9.17, 15) is 18.0 Å². The highest BCUT2D eigenvalue weighted by Gasteiger charge is 2.36. The number of nitrogens with two attached hydrogens (primary N) is 1. The van der Waals surface area contributed by atoms with Gasteiger partial charge in [-0.3, -0.25) is 4.79 Å². The van der Waals surface area contributed by atoms with Gasteiger partial charge >= 0.3 is 6.18 Å². The molecule has 0 bridgehead atoms. The lowest BCUT2D eigenvalue weighted by Crippen LogP contribution is -2.35. The quantitative estimate of drug-likeness (QED) is 0.849. The largest absolute Gasteiger partial charge is 0.417 e. The van der Waals surface area contributed by atoms with Gasteiger partial charge in [0.05, 0.1) is 22.7 Å². The summed E-state index contributed by atoms with van der Waals surface area (Å²) < 4.78 is 38.9. The molecule has 0 aliphatic heterocycles. The zero-order valence-electron chi connectivity index (χ0n) is 9.79. The van der Waals surface area contributed by atoms with Crippen LogP contribution in [0.5, 0.6) is 0 Å². The minimum absolute atomic E-state index is 0.0292. The van der Waals surface area contributed by atoms with E-state index < -0.39 is 23.2 Å². The number of nitrogens with zero attached hydrogens (tertiary/aromatic N) is 1. The Kier molecular flexibility index (Phi) is 4.92. The molecule has 8 heteroatoms. The van der Waals surface area contributed by atoms with Crippen molar-refractivity contribution in [2.75, 3.05) is 13.6 Å². The highest BCUT2D eigenvalue weighted by Crippen LogP contribution is 2.34. The molecule has 1 rings (SSSR count). The minimum Gasteiger partial charge on any atom is -0.392 e. The van der Waals surface area contributed by atoms with E-state index >= 15 is 0 Å². The van der Waals surface area contributed by atoms with Gasteiger partial charge in [-0.25, -0.2) is 0 Å². The summed E-state index contributed by atoms with van der Waals surface area (Å²) in [5, 5.41) is 0. The first-order chi connectivity index (χ1) is 8.62. The second-order valence-electron chi connectivity index (χ2n) is 3.82. The number of likely N-dealkylation sites (N-methyl/N-ethyl adjacent to an activating group) is 1. The molecule has 0 heterocycles. The normalized spacial score (nSPS) is 11.2. The maximum absolute atomic E-state index is 12.9. The van der Waals surface area contributed by atoms with E-state index in [1.165, 1.54) is 13.1 Å². The van der Waals surface area contributed by atoms with E-state index in [0.29, 0.717) is 0 Å². The van der Waals surface area contributed by atoms with Crippen LogP contribution in [0.15, 0.2) is 22.7 Å². The molecule has 2 N–H and O–H groups in total. The number of benzene rings is 1. The molecule has 0 saturated carbocycles. The van der Waals surface area contributed by atoms with E-state index in [2.05, 4.69) is 28.1 Å². The Balaban J connectivity index is 3.20. The number of rotatable bonds is 3. The second-order valence-corrected chi connectivity index (χ2v) is 5.26. The molecule has 0 aliphatic carbocycles. The molecule has 1 aromatic rings. The Morgan fingerprint density at radius 3 is 2.53 bits per heavy atom. The predicted octanol–water partition coefficient (Wildman–Crippen LogP) is 2.83. The van der Waals surface area contributed by atoms with Gasteiger partial charge in [0.1, 0.15) is 0 Å². The fourth-order valence-electron chi connectivity index (χ4n) is 1.45. The Labute approximate surface area is 121 Å². The van der Waals surface area contributed by atoms with E-state index in [1.54, 1.807) is 0 Å². The molecule has 0 radical (unpaired) electrons. The molecule has 0 aliphatic rings. The van der Waals surface area contributed by atoms with Crippen molar-refractivity contribution in [3.8, 4) is 0 Å². The van der Waals surface area contributed by atoms with Gasteiger partial charge in [-0.05, 0) is 18.2 Å². The van der Waals surface area contributed by atoms with E-state index in [1.807, 2.05) is 0 Å². The molecule has 0 saturated heterocycles.